The second-order valence-electron chi connectivity index (χ2n) is 3.71. The summed E-state index contributed by atoms with van der Waals surface area (Å²) in [6.07, 6.45) is 0. The van der Waals surface area contributed by atoms with E-state index in [1.54, 1.807) is 11.8 Å². The molecule has 2 nitrogen and oxygen atoms in total. The molecule has 0 aromatic heterocycles. The Morgan fingerprint density at radius 2 is 2.00 bits per heavy atom. The number of thioether (sulfide) groups is 1. The van der Waals surface area contributed by atoms with Crippen LogP contribution in [0.15, 0.2) is 29.2 Å². The summed E-state index contributed by atoms with van der Waals surface area (Å²) in [5, 5.41) is 13.1. The first-order valence-electron chi connectivity index (χ1n) is 4.78. The molecular weight excluding hydrogens is 230 g/mol. The van der Waals surface area contributed by atoms with Crippen molar-refractivity contribution < 1.29 is 5.11 Å². The molecule has 1 aromatic rings. The van der Waals surface area contributed by atoms with Gasteiger partial charge in [0.1, 0.15) is 0 Å². The van der Waals surface area contributed by atoms with E-state index in [9.17, 15) is 5.11 Å². The standard InChI is InChI=1S/C11H16ClNOS/c1-11(7-14,13-2)8-15-10-5-3-9(12)4-6-10/h3-6,13-14H,7-8H2,1-2H3. The van der Waals surface area contributed by atoms with Crippen molar-refractivity contribution in [3.8, 4) is 0 Å². The number of benzene rings is 1. The van der Waals surface area contributed by atoms with Crippen LogP contribution in [0.2, 0.25) is 5.02 Å². The molecule has 15 heavy (non-hydrogen) atoms. The zero-order valence-corrected chi connectivity index (χ0v) is 10.5. The second-order valence-corrected chi connectivity index (χ2v) is 5.20. The summed E-state index contributed by atoms with van der Waals surface area (Å²) in [5.74, 6) is 0.821. The van der Waals surface area contributed by atoms with Crippen molar-refractivity contribution >= 4 is 23.4 Å². The summed E-state index contributed by atoms with van der Waals surface area (Å²) in [5.41, 5.74) is -0.232. The lowest BCUT2D eigenvalue weighted by Crippen LogP contribution is -2.45. The molecule has 0 aliphatic heterocycles. The molecule has 1 rings (SSSR count). The fraction of sp³-hybridized carbons (Fsp3) is 0.455. The topological polar surface area (TPSA) is 32.3 Å². The van der Waals surface area contributed by atoms with Crippen molar-refractivity contribution in [2.24, 2.45) is 0 Å². The second kappa shape index (κ2) is 5.75. The largest absolute Gasteiger partial charge is 0.394 e. The van der Waals surface area contributed by atoms with Crippen molar-refractivity contribution in [1.82, 2.24) is 5.32 Å². The van der Waals surface area contributed by atoms with Crippen LogP contribution < -0.4 is 5.32 Å². The fourth-order valence-electron chi connectivity index (χ4n) is 0.970. The van der Waals surface area contributed by atoms with Gasteiger partial charge in [-0.25, -0.2) is 0 Å². The molecule has 0 bridgehead atoms. The molecule has 4 heteroatoms. The van der Waals surface area contributed by atoms with Crippen LogP contribution in [0.5, 0.6) is 0 Å². The third kappa shape index (κ3) is 4.03. The number of aliphatic hydroxyl groups excluding tert-OH is 1. The lowest BCUT2D eigenvalue weighted by molar-refractivity contribution is 0.200. The van der Waals surface area contributed by atoms with Gasteiger partial charge in [0, 0.05) is 21.2 Å². The normalized spacial score (nSPS) is 14.9. The summed E-state index contributed by atoms with van der Waals surface area (Å²) in [4.78, 5) is 1.16. The molecule has 0 fully saturated rings. The third-order valence-corrected chi connectivity index (χ3v) is 3.96. The number of likely N-dealkylation sites (N-methyl/N-ethyl adjacent to an activating group) is 1. The van der Waals surface area contributed by atoms with Gasteiger partial charge in [-0.3, -0.25) is 0 Å². The molecule has 0 heterocycles. The Morgan fingerprint density at radius 1 is 1.40 bits per heavy atom. The molecule has 1 atom stereocenters. The van der Waals surface area contributed by atoms with E-state index in [2.05, 4.69) is 5.32 Å². The molecule has 0 saturated heterocycles. The highest BCUT2D eigenvalue weighted by molar-refractivity contribution is 7.99. The van der Waals surface area contributed by atoms with Gasteiger partial charge < -0.3 is 10.4 Å². The van der Waals surface area contributed by atoms with Gasteiger partial charge in [-0.15, -0.1) is 11.8 Å². The number of nitrogens with one attached hydrogen (secondary N) is 1. The Labute approximate surface area is 100 Å². The molecule has 0 aliphatic carbocycles. The van der Waals surface area contributed by atoms with E-state index < -0.39 is 0 Å². The summed E-state index contributed by atoms with van der Waals surface area (Å²) < 4.78 is 0. The van der Waals surface area contributed by atoms with Crippen LogP contribution in [0.25, 0.3) is 0 Å². The van der Waals surface area contributed by atoms with Crippen LogP contribution in [0.1, 0.15) is 6.92 Å². The highest BCUT2D eigenvalue weighted by Gasteiger charge is 2.20. The molecule has 1 aromatic carbocycles. The maximum absolute atomic E-state index is 9.21. The average Bonchev–Trinajstić information content (AvgIpc) is 2.28. The van der Waals surface area contributed by atoms with E-state index in [0.29, 0.717) is 0 Å². The van der Waals surface area contributed by atoms with Crippen molar-refractivity contribution in [3.05, 3.63) is 29.3 Å². The molecule has 0 radical (unpaired) electrons. The van der Waals surface area contributed by atoms with Gasteiger partial charge >= 0.3 is 0 Å². The van der Waals surface area contributed by atoms with Gasteiger partial charge in [-0.05, 0) is 38.2 Å². The van der Waals surface area contributed by atoms with E-state index in [0.717, 1.165) is 15.7 Å². The minimum atomic E-state index is -0.232. The molecule has 84 valence electrons. The van der Waals surface area contributed by atoms with Gasteiger partial charge in [0.25, 0.3) is 0 Å². The summed E-state index contributed by atoms with van der Waals surface area (Å²) in [6.45, 7) is 2.13. The Kier molecular flexibility index (Phi) is 4.93. The lowest BCUT2D eigenvalue weighted by Gasteiger charge is -2.26. The molecule has 0 aliphatic rings. The number of hydrogen-bond acceptors (Lipinski definition) is 3. The summed E-state index contributed by atoms with van der Waals surface area (Å²) in [7, 11) is 1.86. The Bertz CT molecular complexity index is 298. The maximum Gasteiger partial charge on any atom is 0.0618 e. The van der Waals surface area contributed by atoms with Crippen LogP contribution in [0.4, 0.5) is 0 Å². The third-order valence-electron chi connectivity index (χ3n) is 2.32. The highest BCUT2D eigenvalue weighted by atomic mass is 35.5. The van der Waals surface area contributed by atoms with Gasteiger partial charge in [0.15, 0.2) is 0 Å². The first kappa shape index (κ1) is 12.8. The van der Waals surface area contributed by atoms with E-state index in [1.807, 2.05) is 38.2 Å². The van der Waals surface area contributed by atoms with E-state index in [1.165, 1.54) is 0 Å². The van der Waals surface area contributed by atoms with Crippen LogP contribution in [0.3, 0.4) is 0 Å². The zero-order valence-electron chi connectivity index (χ0n) is 8.96. The SMILES string of the molecule is CNC(C)(CO)CSc1ccc(Cl)cc1. The Hall–Kier alpha value is -0.220. The molecule has 0 spiro atoms. The number of aliphatic hydroxyl groups is 1. The van der Waals surface area contributed by atoms with E-state index >= 15 is 0 Å². The van der Waals surface area contributed by atoms with Crippen molar-refractivity contribution in [3.63, 3.8) is 0 Å². The minimum Gasteiger partial charge on any atom is -0.394 e. The average molecular weight is 246 g/mol. The van der Waals surface area contributed by atoms with Crippen molar-refractivity contribution in [2.75, 3.05) is 19.4 Å². The maximum atomic E-state index is 9.21. The smallest absolute Gasteiger partial charge is 0.0618 e. The predicted molar refractivity (Wildman–Crippen MR) is 66.7 cm³/mol. The summed E-state index contributed by atoms with van der Waals surface area (Å²) >= 11 is 7.50. The molecule has 1 unspecified atom stereocenters. The zero-order chi connectivity index (χ0) is 11.3. The van der Waals surface area contributed by atoms with Crippen molar-refractivity contribution in [2.45, 2.75) is 17.4 Å². The quantitative estimate of drug-likeness (QED) is 0.782. The number of halogens is 1. The van der Waals surface area contributed by atoms with E-state index in [4.69, 9.17) is 11.6 Å². The Balaban J connectivity index is 2.53. The van der Waals surface area contributed by atoms with Crippen LogP contribution >= 0.6 is 23.4 Å². The lowest BCUT2D eigenvalue weighted by atomic mass is 10.1. The van der Waals surface area contributed by atoms with Gasteiger partial charge in [0.05, 0.1) is 6.61 Å². The predicted octanol–water partition coefficient (Wildman–Crippen LogP) is 2.40. The minimum absolute atomic E-state index is 0.129. The molecule has 2 N–H and O–H groups in total. The van der Waals surface area contributed by atoms with E-state index in [-0.39, 0.29) is 12.1 Å². The van der Waals surface area contributed by atoms with Gasteiger partial charge in [-0.1, -0.05) is 11.6 Å². The molecule has 0 saturated carbocycles. The van der Waals surface area contributed by atoms with Gasteiger partial charge in [0.2, 0.25) is 0 Å². The van der Waals surface area contributed by atoms with Crippen LogP contribution in [-0.2, 0) is 0 Å². The van der Waals surface area contributed by atoms with Crippen LogP contribution in [0, 0.1) is 0 Å². The highest BCUT2D eigenvalue weighted by Crippen LogP contribution is 2.23. The van der Waals surface area contributed by atoms with Gasteiger partial charge in [-0.2, -0.15) is 0 Å². The molecule has 0 amide bonds. The fourth-order valence-corrected chi connectivity index (χ4v) is 2.15. The summed E-state index contributed by atoms with van der Waals surface area (Å²) in [6, 6.07) is 7.72. The molecular formula is C11H16ClNOS. The Morgan fingerprint density at radius 3 is 2.47 bits per heavy atom. The number of hydrogen-bond donors (Lipinski definition) is 2. The van der Waals surface area contributed by atoms with Crippen molar-refractivity contribution in [1.29, 1.82) is 0 Å². The number of rotatable bonds is 5. The first-order valence-corrected chi connectivity index (χ1v) is 6.14. The first-order chi connectivity index (χ1) is 7.09. The monoisotopic (exact) mass is 245 g/mol. The van der Waals surface area contributed by atoms with Crippen LogP contribution in [-0.4, -0.2) is 30.1 Å².